The molecule has 5 nitrogen and oxygen atoms in total. The van der Waals surface area contributed by atoms with Crippen LogP contribution < -0.4 is 4.90 Å². The number of nitriles is 3. The van der Waals surface area contributed by atoms with E-state index in [0.29, 0.717) is 16.7 Å². The number of hydrogen-bond acceptors (Lipinski definition) is 4. The van der Waals surface area contributed by atoms with Crippen LogP contribution in [0.1, 0.15) is 28.2 Å². The first-order valence-electron chi connectivity index (χ1n) is 16.5. The molecule has 0 amide bonds. The fourth-order valence-electron chi connectivity index (χ4n) is 7.87. The van der Waals surface area contributed by atoms with Crippen LogP contribution in [0.15, 0.2) is 152 Å². The first kappa shape index (κ1) is 29.0. The molecule has 0 bridgehead atoms. The lowest BCUT2D eigenvalue weighted by molar-refractivity contribution is 0.744. The van der Waals surface area contributed by atoms with Crippen molar-refractivity contribution in [3.63, 3.8) is 0 Å². The van der Waals surface area contributed by atoms with Crippen molar-refractivity contribution in [2.75, 3.05) is 4.90 Å². The molecule has 2 aliphatic rings. The van der Waals surface area contributed by atoms with Crippen LogP contribution in [0, 0.1) is 34.0 Å². The lowest BCUT2D eigenvalue weighted by Gasteiger charge is -2.31. The van der Waals surface area contributed by atoms with Gasteiger partial charge < -0.3 is 9.47 Å². The van der Waals surface area contributed by atoms with Crippen LogP contribution in [0.5, 0.6) is 0 Å². The molecule has 1 unspecified atom stereocenters. The predicted octanol–water partition coefficient (Wildman–Crippen LogP) is 10.5. The summed E-state index contributed by atoms with van der Waals surface area (Å²) in [6, 6.07) is 50.0. The number of rotatable bonds is 4. The van der Waals surface area contributed by atoms with Crippen LogP contribution in [0.25, 0.3) is 49.7 Å². The summed E-state index contributed by atoms with van der Waals surface area (Å²) in [5.41, 5.74) is 11.7. The SMILES string of the molecule is N#Cc1ccc2c(c1)c1ccccc1n2-c1cccc(-c2cccc(-c3cccc(C#N)c3N3c4c(C#N)cccc4C4C=CC=C[C@@H]43)c2)c1. The van der Waals surface area contributed by atoms with E-state index in [2.05, 4.69) is 119 Å². The van der Waals surface area contributed by atoms with Gasteiger partial charge in [0.05, 0.1) is 51.2 Å². The Bertz CT molecular complexity index is 2720. The van der Waals surface area contributed by atoms with Crippen molar-refractivity contribution in [2.45, 2.75) is 12.0 Å². The molecule has 1 aromatic heterocycles. The largest absolute Gasteiger partial charge is 0.331 e. The van der Waals surface area contributed by atoms with Gasteiger partial charge in [-0.15, -0.1) is 0 Å². The van der Waals surface area contributed by atoms with Crippen molar-refractivity contribution in [3.8, 4) is 46.1 Å². The third-order valence-electron chi connectivity index (χ3n) is 10.0. The highest BCUT2D eigenvalue weighted by molar-refractivity contribution is 6.09. The monoisotopic (exact) mass is 637 g/mol. The van der Waals surface area contributed by atoms with Gasteiger partial charge >= 0.3 is 0 Å². The highest BCUT2D eigenvalue weighted by atomic mass is 15.2. The highest BCUT2D eigenvalue weighted by Crippen LogP contribution is 2.52. The van der Waals surface area contributed by atoms with Gasteiger partial charge in [0.25, 0.3) is 0 Å². The van der Waals surface area contributed by atoms with Crippen molar-refractivity contribution < 1.29 is 0 Å². The Morgan fingerprint density at radius 1 is 0.520 bits per heavy atom. The van der Waals surface area contributed by atoms with Crippen LogP contribution in [-0.2, 0) is 0 Å². The lowest BCUT2D eigenvalue weighted by Crippen LogP contribution is -2.30. The predicted molar refractivity (Wildman–Crippen MR) is 199 cm³/mol. The maximum atomic E-state index is 10.5. The Hall–Kier alpha value is -7.13. The fourth-order valence-corrected chi connectivity index (χ4v) is 7.87. The van der Waals surface area contributed by atoms with E-state index in [1.165, 1.54) is 0 Å². The van der Waals surface area contributed by atoms with E-state index >= 15 is 0 Å². The molecule has 0 fully saturated rings. The van der Waals surface area contributed by atoms with E-state index in [1.807, 2.05) is 60.7 Å². The van der Waals surface area contributed by atoms with Gasteiger partial charge in [0, 0.05) is 27.9 Å². The maximum Gasteiger partial charge on any atom is 0.101 e. The van der Waals surface area contributed by atoms with Gasteiger partial charge in [-0.2, -0.15) is 15.8 Å². The summed E-state index contributed by atoms with van der Waals surface area (Å²) in [6.45, 7) is 0. The van der Waals surface area contributed by atoms with Crippen molar-refractivity contribution in [1.82, 2.24) is 4.57 Å². The molecule has 2 heterocycles. The van der Waals surface area contributed by atoms with Crippen LogP contribution in [0.4, 0.5) is 11.4 Å². The summed E-state index contributed by atoms with van der Waals surface area (Å²) in [6.07, 6.45) is 8.47. The Kier molecular flexibility index (Phi) is 6.70. The second kappa shape index (κ2) is 11.5. The van der Waals surface area contributed by atoms with E-state index in [-0.39, 0.29) is 12.0 Å². The Morgan fingerprint density at radius 3 is 2.06 bits per heavy atom. The van der Waals surface area contributed by atoms with Crippen molar-refractivity contribution in [2.24, 2.45) is 0 Å². The molecule has 0 saturated heterocycles. The minimum atomic E-state index is -0.0620. The number of para-hydroxylation sites is 3. The summed E-state index contributed by atoms with van der Waals surface area (Å²) in [5, 5.41) is 32.4. The molecule has 2 atom stereocenters. The standard InChI is InChI=1S/C45H27N5/c46-26-29-21-22-43-40(23-29)38-16-2-3-19-41(38)49(43)35-14-6-10-31(25-35)30-9-5-11-32(24-30)36-17-7-12-33(27-47)44(36)50-42-20-4-1-15-37(42)39-18-8-13-34(28-48)45(39)50/h1-25,37,42H/t37?,42-/m0/s1. The number of allylic oxidation sites excluding steroid dienone is 2. The van der Waals surface area contributed by atoms with Gasteiger partial charge in [-0.3, -0.25) is 0 Å². The van der Waals surface area contributed by atoms with Gasteiger partial charge in [-0.05, 0) is 76.9 Å². The zero-order valence-corrected chi connectivity index (χ0v) is 26.8. The number of hydrogen-bond donors (Lipinski definition) is 0. The second-order valence-electron chi connectivity index (χ2n) is 12.7. The average Bonchev–Trinajstić information content (AvgIpc) is 3.70. The first-order valence-corrected chi connectivity index (χ1v) is 16.5. The normalized spacial score (nSPS) is 15.7. The van der Waals surface area contributed by atoms with Crippen molar-refractivity contribution in [3.05, 3.63) is 174 Å². The van der Waals surface area contributed by atoms with Crippen molar-refractivity contribution >= 4 is 33.2 Å². The van der Waals surface area contributed by atoms with Crippen LogP contribution >= 0.6 is 0 Å². The zero-order valence-electron chi connectivity index (χ0n) is 26.8. The molecule has 0 radical (unpaired) electrons. The summed E-state index contributed by atoms with van der Waals surface area (Å²) >= 11 is 0. The van der Waals surface area contributed by atoms with Crippen LogP contribution in [0.2, 0.25) is 0 Å². The molecule has 0 spiro atoms. The van der Waals surface area contributed by atoms with Gasteiger partial charge in [0.2, 0.25) is 0 Å². The third-order valence-corrected chi connectivity index (χ3v) is 10.0. The summed E-state index contributed by atoms with van der Waals surface area (Å²) in [4.78, 5) is 2.21. The second-order valence-corrected chi connectivity index (χ2v) is 12.7. The van der Waals surface area contributed by atoms with Crippen molar-refractivity contribution in [1.29, 1.82) is 15.8 Å². The number of benzene rings is 6. The summed E-state index contributed by atoms with van der Waals surface area (Å²) in [7, 11) is 0. The summed E-state index contributed by atoms with van der Waals surface area (Å²) in [5.74, 6) is 0.0734. The van der Waals surface area contributed by atoms with Crippen LogP contribution in [0.3, 0.4) is 0 Å². The Balaban J connectivity index is 1.19. The maximum absolute atomic E-state index is 10.5. The third kappa shape index (κ3) is 4.37. The number of nitrogens with zero attached hydrogens (tertiary/aromatic N) is 5. The minimum absolute atomic E-state index is 0.0620. The minimum Gasteiger partial charge on any atom is -0.331 e. The smallest absolute Gasteiger partial charge is 0.101 e. The topological polar surface area (TPSA) is 79.5 Å². The highest BCUT2D eigenvalue weighted by Gasteiger charge is 2.40. The van der Waals surface area contributed by atoms with Gasteiger partial charge in [0.1, 0.15) is 12.1 Å². The molecular weight excluding hydrogens is 611 g/mol. The summed E-state index contributed by atoms with van der Waals surface area (Å²) < 4.78 is 2.26. The Labute approximate surface area is 289 Å². The molecule has 0 N–H and O–H groups in total. The molecule has 9 rings (SSSR count). The zero-order chi connectivity index (χ0) is 33.8. The molecule has 50 heavy (non-hydrogen) atoms. The number of fused-ring (bicyclic) bond motifs is 6. The Morgan fingerprint density at radius 2 is 1.22 bits per heavy atom. The van der Waals surface area contributed by atoms with Gasteiger partial charge in [-0.25, -0.2) is 0 Å². The number of aromatic nitrogens is 1. The molecule has 5 heteroatoms. The lowest BCUT2D eigenvalue weighted by atomic mass is 9.90. The molecule has 7 aromatic rings. The van der Waals surface area contributed by atoms with Gasteiger partial charge in [-0.1, -0.05) is 97.1 Å². The molecular formula is C45H27N5. The van der Waals surface area contributed by atoms with E-state index in [9.17, 15) is 15.8 Å². The first-order chi connectivity index (χ1) is 24.7. The molecule has 1 aliphatic heterocycles. The van der Waals surface area contributed by atoms with E-state index in [0.717, 1.165) is 66.7 Å². The molecule has 0 saturated carbocycles. The fraction of sp³-hybridized carbons (Fsp3) is 0.0444. The molecule has 6 aromatic carbocycles. The van der Waals surface area contributed by atoms with E-state index < -0.39 is 0 Å². The van der Waals surface area contributed by atoms with E-state index in [4.69, 9.17) is 0 Å². The average molecular weight is 638 g/mol. The quantitative estimate of drug-likeness (QED) is 0.192. The number of anilines is 2. The molecule has 232 valence electrons. The molecule has 1 aliphatic carbocycles. The van der Waals surface area contributed by atoms with Crippen LogP contribution in [-0.4, -0.2) is 10.6 Å². The van der Waals surface area contributed by atoms with E-state index in [1.54, 1.807) is 0 Å². The van der Waals surface area contributed by atoms with Gasteiger partial charge in [0.15, 0.2) is 0 Å².